The molecule has 0 bridgehead atoms. The van der Waals surface area contributed by atoms with Gasteiger partial charge in [-0.2, -0.15) is 0 Å². The monoisotopic (exact) mass is 374 g/mol. The summed E-state index contributed by atoms with van der Waals surface area (Å²) in [6, 6.07) is 2.08. The molecule has 1 N–H and O–H groups in total. The summed E-state index contributed by atoms with van der Waals surface area (Å²) >= 11 is 4.38. The standard InChI is InChI=1S/C8H8I2O/c1-4-3-6(9)7(10)8(11)5(4)2/h3,11H,1-2H3. The van der Waals surface area contributed by atoms with Crippen LogP contribution in [0.4, 0.5) is 0 Å². The van der Waals surface area contributed by atoms with Crippen molar-refractivity contribution in [1.29, 1.82) is 0 Å². The second-order valence-corrected chi connectivity index (χ2v) is 4.70. The summed E-state index contributed by atoms with van der Waals surface area (Å²) in [5, 5.41) is 9.56. The Morgan fingerprint density at radius 3 is 2.36 bits per heavy atom. The van der Waals surface area contributed by atoms with Crippen LogP contribution in [0.15, 0.2) is 6.07 Å². The van der Waals surface area contributed by atoms with Gasteiger partial charge in [-0.25, -0.2) is 0 Å². The first-order valence-electron chi connectivity index (χ1n) is 3.18. The average Bonchev–Trinajstić information content (AvgIpc) is 1.97. The van der Waals surface area contributed by atoms with Crippen LogP contribution in [0.5, 0.6) is 5.75 Å². The highest BCUT2D eigenvalue weighted by Crippen LogP contribution is 2.30. The Morgan fingerprint density at radius 1 is 1.27 bits per heavy atom. The minimum Gasteiger partial charge on any atom is -0.507 e. The highest BCUT2D eigenvalue weighted by atomic mass is 127. The van der Waals surface area contributed by atoms with E-state index in [1.54, 1.807) is 0 Å². The lowest BCUT2D eigenvalue weighted by molar-refractivity contribution is 0.466. The van der Waals surface area contributed by atoms with Crippen LogP contribution in [0.25, 0.3) is 0 Å². The number of phenolic OH excluding ortho intramolecular Hbond substituents is 1. The fourth-order valence-electron chi connectivity index (χ4n) is 0.826. The van der Waals surface area contributed by atoms with Gasteiger partial charge < -0.3 is 5.11 Å². The van der Waals surface area contributed by atoms with Gasteiger partial charge in [-0.15, -0.1) is 0 Å². The predicted octanol–water partition coefficient (Wildman–Crippen LogP) is 3.22. The lowest BCUT2D eigenvalue weighted by Gasteiger charge is -2.06. The molecule has 0 aromatic heterocycles. The van der Waals surface area contributed by atoms with Gasteiger partial charge >= 0.3 is 0 Å². The number of aromatic hydroxyl groups is 1. The van der Waals surface area contributed by atoms with Crippen molar-refractivity contribution < 1.29 is 5.11 Å². The summed E-state index contributed by atoms with van der Waals surface area (Å²) in [5.74, 6) is 0.426. The van der Waals surface area contributed by atoms with E-state index in [2.05, 4.69) is 51.2 Å². The molecular formula is C8H8I2O. The molecule has 11 heavy (non-hydrogen) atoms. The van der Waals surface area contributed by atoms with Crippen LogP contribution in [0.1, 0.15) is 11.1 Å². The van der Waals surface area contributed by atoms with Gasteiger partial charge in [0.05, 0.1) is 3.57 Å². The van der Waals surface area contributed by atoms with Crippen molar-refractivity contribution in [1.82, 2.24) is 0 Å². The molecule has 1 aromatic carbocycles. The summed E-state index contributed by atoms with van der Waals surface area (Å²) in [5.41, 5.74) is 2.13. The van der Waals surface area contributed by atoms with Gasteiger partial charge in [0.25, 0.3) is 0 Å². The number of aryl methyl sites for hydroxylation is 1. The average molecular weight is 374 g/mol. The topological polar surface area (TPSA) is 20.2 Å². The first-order valence-corrected chi connectivity index (χ1v) is 5.34. The van der Waals surface area contributed by atoms with Gasteiger partial charge in [-0.1, -0.05) is 0 Å². The summed E-state index contributed by atoms with van der Waals surface area (Å²) in [7, 11) is 0. The van der Waals surface area contributed by atoms with E-state index in [1.807, 2.05) is 13.8 Å². The Kier molecular flexibility index (Phi) is 3.02. The molecule has 0 aliphatic carbocycles. The molecule has 0 saturated heterocycles. The minimum absolute atomic E-state index is 0.426. The van der Waals surface area contributed by atoms with Gasteiger partial charge in [0, 0.05) is 3.57 Å². The molecule has 0 heterocycles. The van der Waals surface area contributed by atoms with E-state index >= 15 is 0 Å². The number of hydrogen-bond donors (Lipinski definition) is 1. The van der Waals surface area contributed by atoms with E-state index < -0.39 is 0 Å². The Morgan fingerprint density at radius 2 is 1.82 bits per heavy atom. The summed E-state index contributed by atoms with van der Waals surface area (Å²) < 4.78 is 2.06. The highest BCUT2D eigenvalue weighted by molar-refractivity contribution is 14.1. The van der Waals surface area contributed by atoms with Crippen LogP contribution in [0.2, 0.25) is 0 Å². The van der Waals surface area contributed by atoms with Crippen molar-refractivity contribution in [2.45, 2.75) is 13.8 Å². The number of rotatable bonds is 0. The largest absolute Gasteiger partial charge is 0.507 e. The first kappa shape index (κ1) is 9.57. The molecule has 1 nitrogen and oxygen atoms in total. The lowest BCUT2D eigenvalue weighted by atomic mass is 10.1. The maximum Gasteiger partial charge on any atom is 0.133 e. The van der Waals surface area contributed by atoms with Crippen molar-refractivity contribution in [3.8, 4) is 5.75 Å². The molecule has 0 aliphatic rings. The summed E-state index contributed by atoms with van der Waals surface area (Å²) in [6.45, 7) is 3.94. The highest BCUT2D eigenvalue weighted by Gasteiger charge is 2.07. The molecular weight excluding hydrogens is 366 g/mol. The SMILES string of the molecule is Cc1cc(I)c(I)c(O)c1C. The second-order valence-electron chi connectivity index (χ2n) is 2.46. The maximum atomic E-state index is 9.56. The Bertz CT molecular complexity index is 268. The van der Waals surface area contributed by atoms with E-state index in [-0.39, 0.29) is 0 Å². The number of benzene rings is 1. The molecule has 1 aromatic rings. The fraction of sp³-hybridized carbons (Fsp3) is 0.250. The molecule has 0 spiro atoms. The summed E-state index contributed by atoms with van der Waals surface area (Å²) in [4.78, 5) is 0. The van der Waals surface area contributed by atoms with Crippen molar-refractivity contribution in [3.63, 3.8) is 0 Å². The van der Waals surface area contributed by atoms with Crippen LogP contribution < -0.4 is 0 Å². The van der Waals surface area contributed by atoms with Gasteiger partial charge in [-0.05, 0) is 76.2 Å². The molecule has 0 saturated carbocycles. The molecule has 0 radical (unpaired) electrons. The van der Waals surface area contributed by atoms with Gasteiger partial charge in [-0.3, -0.25) is 0 Å². The van der Waals surface area contributed by atoms with Crippen molar-refractivity contribution in [2.75, 3.05) is 0 Å². The molecule has 0 amide bonds. The zero-order valence-electron chi connectivity index (χ0n) is 6.28. The fourth-order valence-corrected chi connectivity index (χ4v) is 2.11. The van der Waals surface area contributed by atoms with E-state index in [9.17, 15) is 5.11 Å². The van der Waals surface area contributed by atoms with E-state index in [4.69, 9.17) is 0 Å². The molecule has 3 heteroatoms. The van der Waals surface area contributed by atoms with Gasteiger partial charge in [0.2, 0.25) is 0 Å². The minimum atomic E-state index is 0.426. The molecule has 60 valence electrons. The molecule has 0 atom stereocenters. The molecule has 1 rings (SSSR count). The van der Waals surface area contributed by atoms with Crippen molar-refractivity contribution in [2.24, 2.45) is 0 Å². The number of halogens is 2. The van der Waals surface area contributed by atoms with Crippen LogP contribution in [0.3, 0.4) is 0 Å². The lowest BCUT2D eigenvalue weighted by Crippen LogP contribution is -1.88. The number of phenols is 1. The Balaban J connectivity index is 3.46. The molecule has 0 fully saturated rings. The van der Waals surface area contributed by atoms with Crippen LogP contribution in [-0.2, 0) is 0 Å². The smallest absolute Gasteiger partial charge is 0.133 e. The normalized spacial score (nSPS) is 10.2. The van der Waals surface area contributed by atoms with Crippen molar-refractivity contribution in [3.05, 3.63) is 24.3 Å². The first-order chi connectivity index (χ1) is 5.04. The van der Waals surface area contributed by atoms with Crippen molar-refractivity contribution >= 4 is 45.2 Å². The van der Waals surface area contributed by atoms with Gasteiger partial charge in [0.1, 0.15) is 5.75 Å². The van der Waals surface area contributed by atoms with Crippen LogP contribution in [0, 0.1) is 21.0 Å². The van der Waals surface area contributed by atoms with E-state index in [1.165, 1.54) is 0 Å². The third-order valence-corrected chi connectivity index (χ3v) is 4.68. The Hall–Kier alpha value is 0.480. The summed E-state index contributed by atoms with van der Waals surface area (Å²) in [6.07, 6.45) is 0. The van der Waals surface area contributed by atoms with Gasteiger partial charge in [0.15, 0.2) is 0 Å². The third kappa shape index (κ3) is 1.80. The quantitative estimate of drug-likeness (QED) is 0.692. The zero-order chi connectivity index (χ0) is 8.59. The third-order valence-electron chi connectivity index (χ3n) is 1.71. The molecule has 0 aliphatic heterocycles. The van der Waals surface area contributed by atoms with E-state index in [0.29, 0.717) is 5.75 Å². The predicted molar refractivity (Wildman–Crippen MR) is 63.0 cm³/mol. The van der Waals surface area contributed by atoms with Crippen LogP contribution in [-0.4, -0.2) is 5.11 Å². The number of hydrogen-bond acceptors (Lipinski definition) is 1. The second kappa shape index (κ2) is 3.47. The van der Waals surface area contributed by atoms with Crippen LogP contribution >= 0.6 is 45.2 Å². The maximum absolute atomic E-state index is 9.56. The Labute approximate surface area is 93.5 Å². The molecule has 0 unspecified atom stereocenters. The van der Waals surface area contributed by atoms with E-state index in [0.717, 1.165) is 18.3 Å². The zero-order valence-corrected chi connectivity index (χ0v) is 10.6.